The Labute approximate surface area is 161 Å². The Morgan fingerprint density at radius 1 is 1.11 bits per heavy atom. The van der Waals surface area contributed by atoms with Gasteiger partial charge in [-0.15, -0.1) is 0 Å². The Balaban J connectivity index is 1.76. The summed E-state index contributed by atoms with van der Waals surface area (Å²) in [4.78, 5) is 19.0. The van der Waals surface area contributed by atoms with Crippen LogP contribution in [0.15, 0.2) is 48.7 Å². The number of carboxylic acids is 1. The Morgan fingerprint density at radius 3 is 2.61 bits per heavy atom. The zero-order valence-electron chi connectivity index (χ0n) is 15.7. The number of nitrogens with one attached hydrogen (secondary N) is 1. The average Bonchev–Trinajstić information content (AvgIpc) is 3.06. The van der Waals surface area contributed by atoms with Crippen LogP contribution in [0.1, 0.15) is 27.2 Å². The maximum absolute atomic E-state index is 11.6. The molecular formula is C22H20N2O4. The minimum Gasteiger partial charge on any atom is -0.489 e. The number of methoxy groups -OCH3 is 1. The number of rotatable bonds is 6. The van der Waals surface area contributed by atoms with Crippen LogP contribution in [0.25, 0.3) is 21.8 Å². The van der Waals surface area contributed by atoms with Crippen LogP contribution in [0.4, 0.5) is 0 Å². The number of nitrogens with zero attached hydrogens (tertiary/aromatic N) is 1. The fourth-order valence-corrected chi connectivity index (χ4v) is 3.35. The number of aromatic amines is 1. The normalized spacial score (nSPS) is 11.2. The second kappa shape index (κ2) is 7.32. The molecule has 6 nitrogen and oxygen atoms in total. The average molecular weight is 376 g/mol. The summed E-state index contributed by atoms with van der Waals surface area (Å²) < 4.78 is 11.2. The monoisotopic (exact) mass is 376 g/mol. The number of carbonyl (C=O) groups is 1. The van der Waals surface area contributed by atoms with Crippen LogP contribution in [-0.2, 0) is 18.0 Å². The van der Waals surface area contributed by atoms with Gasteiger partial charge in [0.2, 0.25) is 0 Å². The molecule has 0 amide bonds. The second-order valence-electron chi connectivity index (χ2n) is 6.72. The lowest BCUT2D eigenvalue weighted by Gasteiger charge is -2.08. The molecule has 0 bridgehead atoms. The van der Waals surface area contributed by atoms with Gasteiger partial charge in [0.15, 0.2) is 5.69 Å². The molecule has 0 radical (unpaired) electrons. The molecule has 2 aromatic carbocycles. The number of ether oxygens (including phenoxy) is 2. The van der Waals surface area contributed by atoms with Gasteiger partial charge in [-0.1, -0.05) is 29.8 Å². The minimum absolute atomic E-state index is 0.00114. The highest BCUT2D eigenvalue weighted by molar-refractivity contribution is 6.11. The number of carboxylic acid groups (broad SMARTS) is 1. The molecule has 0 atom stereocenters. The molecule has 4 aromatic rings. The number of pyridine rings is 1. The van der Waals surface area contributed by atoms with E-state index in [9.17, 15) is 9.90 Å². The molecule has 0 saturated carbocycles. The van der Waals surface area contributed by atoms with Crippen LogP contribution in [0.5, 0.6) is 5.75 Å². The Kier molecular flexibility index (Phi) is 4.71. The number of benzene rings is 2. The maximum Gasteiger partial charge on any atom is 0.354 e. The van der Waals surface area contributed by atoms with Crippen LogP contribution < -0.4 is 4.74 Å². The molecule has 2 aromatic heterocycles. The van der Waals surface area contributed by atoms with Crippen molar-refractivity contribution in [3.8, 4) is 5.75 Å². The van der Waals surface area contributed by atoms with Gasteiger partial charge >= 0.3 is 5.97 Å². The van der Waals surface area contributed by atoms with Crippen molar-refractivity contribution in [2.45, 2.75) is 20.1 Å². The first-order chi connectivity index (χ1) is 13.6. The van der Waals surface area contributed by atoms with E-state index in [1.807, 2.05) is 37.3 Å². The first kappa shape index (κ1) is 18.0. The van der Waals surface area contributed by atoms with Crippen molar-refractivity contribution in [2.75, 3.05) is 7.11 Å². The highest BCUT2D eigenvalue weighted by Crippen LogP contribution is 2.32. The second-order valence-corrected chi connectivity index (χ2v) is 6.72. The molecular weight excluding hydrogens is 356 g/mol. The molecule has 0 aliphatic heterocycles. The molecule has 28 heavy (non-hydrogen) atoms. The van der Waals surface area contributed by atoms with Crippen LogP contribution in [0.3, 0.4) is 0 Å². The number of H-pyrrole nitrogens is 1. The van der Waals surface area contributed by atoms with Crippen LogP contribution >= 0.6 is 0 Å². The quantitative estimate of drug-likeness (QED) is 0.519. The first-order valence-corrected chi connectivity index (χ1v) is 8.90. The number of fused-ring (bicyclic) bond motifs is 3. The standard InChI is InChI=1S/C22H20N2O4/c1-13-3-5-14(6-4-13)11-28-15-7-8-18-16(9-15)20-17(12-27-2)21(22(25)26)23-10-19(20)24-18/h3-10,24H,11-12H2,1-2H3,(H,25,26). The summed E-state index contributed by atoms with van der Waals surface area (Å²) >= 11 is 0. The molecule has 2 N–H and O–H groups in total. The molecule has 142 valence electrons. The minimum atomic E-state index is -1.07. The molecule has 2 heterocycles. The van der Waals surface area contributed by atoms with Gasteiger partial charge in [0.1, 0.15) is 12.4 Å². The highest BCUT2D eigenvalue weighted by Gasteiger charge is 2.19. The van der Waals surface area contributed by atoms with Gasteiger partial charge in [0.05, 0.1) is 18.3 Å². The number of aromatic nitrogens is 2. The van der Waals surface area contributed by atoms with E-state index in [0.717, 1.165) is 27.4 Å². The third kappa shape index (κ3) is 3.30. The van der Waals surface area contributed by atoms with Gasteiger partial charge in [-0.25, -0.2) is 9.78 Å². The Bertz CT molecular complexity index is 1160. The van der Waals surface area contributed by atoms with Gasteiger partial charge in [-0.3, -0.25) is 0 Å². The fraction of sp³-hybridized carbons (Fsp3) is 0.182. The molecule has 0 aliphatic rings. The van der Waals surface area contributed by atoms with Crippen molar-refractivity contribution >= 4 is 27.8 Å². The van der Waals surface area contributed by atoms with E-state index >= 15 is 0 Å². The lowest BCUT2D eigenvalue weighted by molar-refractivity contribution is 0.0685. The third-order valence-electron chi connectivity index (χ3n) is 4.73. The van der Waals surface area contributed by atoms with E-state index in [2.05, 4.69) is 22.1 Å². The Morgan fingerprint density at radius 2 is 1.89 bits per heavy atom. The van der Waals surface area contributed by atoms with Crippen molar-refractivity contribution in [3.05, 3.63) is 71.0 Å². The molecule has 0 spiro atoms. The lowest BCUT2D eigenvalue weighted by atomic mass is 10.1. The van der Waals surface area contributed by atoms with Crippen molar-refractivity contribution in [1.82, 2.24) is 9.97 Å². The van der Waals surface area contributed by atoms with E-state index in [0.29, 0.717) is 17.9 Å². The molecule has 0 saturated heterocycles. The van der Waals surface area contributed by atoms with E-state index < -0.39 is 5.97 Å². The summed E-state index contributed by atoms with van der Waals surface area (Å²) in [5, 5.41) is 11.2. The maximum atomic E-state index is 11.6. The summed E-state index contributed by atoms with van der Waals surface area (Å²) in [6, 6.07) is 13.9. The smallest absolute Gasteiger partial charge is 0.354 e. The third-order valence-corrected chi connectivity index (χ3v) is 4.73. The number of hydrogen-bond donors (Lipinski definition) is 2. The van der Waals surface area contributed by atoms with Crippen LogP contribution in [-0.4, -0.2) is 28.2 Å². The summed E-state index contributed by atoms with van der Waals surface area (Å²) in [6.45, 7) is 2.67. The lowest BCUT2D eigenvalue weighted by Crippen LogP contribution is -2.07. The summed E-state index contributed by atoms with van der Waals surface area (Å²) in [6.07, 6.45) is 1.55. The van der Waals surface area contributed by atoms with E-state index in [1.54, 1.807) is 6.20 Å². The van der Waals surface area contributed by atoms with Crippen molar-refractivity contribution in [3.63, 3.8) is 0 Å². The van der Waals surface area contributed by atoms with Gasteiger partial charge in [-0.2, -0.15) is 0 Å². The summed E-state index contributed by atoms with van der Waals surface area (Å²) in [5.41, 5.74) is 4.50. The zero-order chi connectivity index (χ0) is 19.7. The largest absolute Gasteiger partial charge is 0.489 e. The van der Waals surface area contributed by atoms with Crippen LogP contribution in [0.2, 0.25) is 0 Å². The van der Waals surface area contributed by atoms with Gasteiger partial charge < -0.3 is 19.6 Å². The SMILES string of the molecule is COCc1c(C(=O)O)ncc2[nH]c3ccc(OCc4ccc(C)cc4)cc3c12. The Hall–Kier alpha value is -3.38. The molecule has 0 fully saturated rings. The van der Waals surface area contributed by atoms with Gasteiger partial charge in [0.25, 0.3) is 0 Å². The van der Waals surface area contributed by atoms with Gasteiger partial charge in [0, 0.05) is 29.0 Å². The number of aryl methyl sites for hydroxylation is 1. The zero-order valence-corrected chi connectivity index (χ0v) is 15.7. The van der Waals surface area contributed by atoms with Gasteiger partial charge in [-0.05, 0) is 30.7 Å². The fourth-order valence-electron chi connectivity index (χ4n) is 3.35. The van der Waals surface area contributed by atoms with Crippen molar-refractivity contribution in [1.29, 1.82) is 0 Å². The summed E-state index contributed by atoms with van der Waals surface area (Å²) in [5.74, 6) is -0.360. The molecule has 0 aliphatic carbocycles. The molecule has 6 heteroatoms. The van der Waals surface area contributed by atoms with Crippen molar-refractivity contribution < 1.29 is 19.4 Å². The molecule has 0 unspecified atom stereocenters. The van der Waals surface area contributed by atoms with E-state index in [4.69, 9.17) is 9.47 Å². The number of aromatic carboxylic acids is 1. The first-order valence-electron chi connectivity index (χ1n) is 8.90. The summed E-state index contributed by atoms with van der Waals surface area (Å²) in [7, 11) is 1.54. The highest BCUT2D eigenvalue weighted by atomic mass is 16.5. The predicted octanol–water partition coefficient (Wildman–Crippen LogP) is 4.45. The molecule has 4 rings (SSSR count). The van der Waals surface area contributed by atoms with E-state index in [-0.39, 0.29) is 12.3 Å². The predicted molar refractivity (Wildman–Crippen MR) is 107 cm³/mol. The van der Waals surface area contributed by atoms with Crippen LogP contribution in [0, 0.1) is 6.92 Å². The van der Waals surface area contributed by atoms with E-state index in [1.165, 1.54) is 12.7 Å². The van der Waals surface area contributed by atoms with Crippen molar-refractivity contribution in [2.24, 2.45) is 0 Å². The number of hydrogen-bond acceptors (Lipinski definition) is 4. The topological polar surface area (TPSA) is 84.4 Å².